The molecule has 0 heterocycles. The first-order valence-corrected chi connectivity index (χ1v) is 13.1. The summed E-state index contributed by atoms with van der Waals surface area (Å²) >= 11 is 12.2. The van der Waals surface area contributed by atoms with Crippen LogP contribution in [0.5, 0.6) is 0 Å². The lowest BCUT2D eigenvalue weighted by molar-refractivity contribution is -0.125. The maximum Gasteiger partial charge on any atom is 0.244 e. The molecule has 0 unspecified atom stereocenters. The van der Waals surface area contributed by atoms with Crippen LogP contribution in [0.1, 0.15) is 52.4 Å². The third-order valence-corrected chi connectivity index (χ3v) is 9.62. The maximum atomic E-state index is 13.1. The van der Waals surface area contributed by atoms with E-state index in [2.05, 4.69) is 10.0 Å². The third kappa shape index (κ3) is 4.38. The van der Waals surface area contributed by atoms with Gasteiger partial charge in [0.05, 0.1) is 10.0 Å². The van der Waals surface area contributed by atoms with Crippen molar-refractivity contribution < 1.29 is 13.2 Å². The molecule has 1 amide bonds. The van der Waals surface area contributed by atoms with Crippen LogP contribution in [-0.4, -0.2) is 26.9 Å². The quantitative estimate of drug-likeness (QED) is 0.607. The summed E-state index contributed by atoms with van der Waals surface area (Å²) in [6.07, 6.45) is 7.60. The Kier molecular flexibility index (Phi) is 6.17. The van der Waals surface area contributed by atoms with E-state index < -0.39 is 16.1 Å². The minimum atomic E-state index is -4.05. The fourth-order valence-electron chi connectivity index (χ4n) is 6.35. The van der Waals surface area contributed by atoms with E-state index in [0.717, 1.165) is 17.8 Å². The van der Waals surface area contributed by atoms with E-state index in [4.69, 9.17) is 23.2 Å². The first-order chi connectivity index (χ1) is 14.1. The number of halogens is 2. The van der Waals surface area contributed by atoms with Gasteiger partial charge in [-0.15, -0.1) is 0 Å². The van der Waals surface area contributed by atoms with Gasteiger partial charge in [-0.1, -0.05) is 43.1 Å². The first-order valence-electron chi connectivity index (χ1n) is 10.8. The predicted molar refractivity (Wildman–Crippen MR) is 119 cm³/mol. The highest BCUT2D eigenvalue weighted by molar-refractivity contribution is 7.89. The van der Waals surface area contributed by atoms with Crippen LogP contribution < -0.4 is 10.0 Å². The van der Waals surface area contributed by atoms with Gasteiger partial charge in [-0.05, 0) is 79.7 Å². The monoisotopic (exact) mass is 472 g/mol. The normalized spacial score (nSPS) is 31.2. The Balaban J connectivity index is 1.46. The highest BCUT2D eigenvalue weighted by Gasteiger charge is 2.51. The summed E-state index contributed by atoms with van der Waals surface area (Å²) in [5, 5.41) is 3.16. The van der Waals surface area contributed by atoms with Crippen LogP contribution in [0.2, 0.25) is 10.0 Å². The molecule has 0 saturated heterocycles. The second-order valence-corrected chi connectivity index (χ2v) is 12.5. The number of carbonyl (C=O) groups is 1. The Morgan fingerprint density at radius 1 is 1.07 bits per heavy atom. The Hall–Kier alpha value is -0.820. The molecule has 4 bridgehead atoms. The average molecular weight is 473 g/mol. The largest absolute Gasteiger partial charge is 0.354 e. The van der Waals surface area contributed by atoms with Gasteiger partial charge in [-0.25, -0.2) is 8.42 Å². The van der Waals surface area contributed by atoms with Crippen molar-refractivity contribution in [2.45, 2.75) is 63.3 Å². The molecule has 1 atom stereocenters. The van der Waals surface area contributed by atoms with Gasteiger partial charge in [0.1, 0.15) is 10.9 Å². The van der Waals surface area contributed by atoms with Gasteiger partial charge in [-0.2, -0.15) is 4.72 Å². The van der Waals surface area contributed by atoms with Crippen molar-refractivity contribution in [1.82, 2.24) is 10.0 Å². The molecular formula is C22H30Cl2N2O3S. The summed E-state index contributed by atoms with van der Waals surface area (Å²) in [4.78, 5) is 12.9. The molecule has 2 N–H and O–H groups in total. The number of amides is 1. The van der Waals surface area contributed by atoms with Crippen LogP contribution in [0, 0.1) is 29.1 Å². The molecule has 0 radical (unpaired) electrons. The molecule has 0 aromatic heterocycles. The summed E-state index contributed by atoms with van der Waals surface area (Å²) in [5.74, 6) is 1.89. The molecular weight excluding hydrogens is 443 g/mol. The van der Waals surface area contributed by atoms with Gasteiger partial charge in [0.15, 0.2) is 0 Å². The topological polar surface area (TPSA) is 75.3 Å². The smallest absolute Gasteiger partial charge is 0.244 e. The second-order valence-electron chi connectivity index (χ2n) is 10.0. The standard InChI is InChI=1S/C22H30Cl2N2O3S/c1-13(2)19(26-30(28,29)20-17(23)4-3-5-18(20)24)21(27)25-12-22-9-14-6-15(10-22)8-16(7-14)11-22/h3-5,13-16,19,26H,6-12H2,1-2H3,(H,25,27)/t14?,15?,16?,19-,22?/m0/s1. The molecule has 4 fully saturated rings. The van der Waals surface area contributed by atoms with Gasteiger partial charge >= 0.3 is 0 Å². The molecule has 5 rings (SSSR count). The lowest BCUT2D eigenvalue weighted by Gasteiger charge is -2.57. The number of carbonyl (C=O) groups excluding carboxylic acids is 1. The van der Waals surface area contributed by atoms with Crippen LogP contribution in [0.3, 0.4) is 0 Å². The van der Waals surface area contributed by atoms with E-state index >= 15 is 0 Å². The van der Waals surface area contributed by atoms with E-state index in [1.807, 2.05) is 13.8 Å². The summed E-state index contributed by atoms with van der Waals surface area (Å²) in [5.41, 5.74) is 0.191. The second kappa shape index (κ2) is 8.27. The van der Waals surface area contributed by atoms with Crippen LogP contribution in [0.4, 0.5) is 0 Å². The van der Waals surface area contributed by atoms with Crippen molar-refractivity contribution in [3.8, 4) is 0 Å². The molecule has 1 aromatic carbocycles. The van der Waals surface area contributed by atoms with Gasteiger partial charge in [0, 0.05) is 6.54 Å². The Labute approximate surface area is 189 Å². The number of hydrogen-bond acceptors (Lipinski definition) is 3. The fraction of sp³-hybridized carbons (Fsp3) is 0.682. The fourth-order valence-corrected chi connectivity index (χ4v) is 8.84. The van der Waals surface area contributed by atoms with Crippen molar-refractivity contribution >= 4 is 39.1 Å². The minimum absolute atomic E-state index is 0.0338. The SMILES string of the molecule is CC(C)[C@H](NS(=O)(=O)c1c(Cl)cccc1Cl)C(=O)NCC12CC3CC(CC(C3)C1)C2. The van der Waals surface area contributed by atoms with Crippen molar-refractivity contribution in [2.75, 3.05) is 6.54 Å². The van der Waals surface area contributed by atoms with Gasteiger partial charge in [0.2, 0.25) is 15.9 Å². The number of hydrogen-bond donors (Lipinski definition) is 2. The van der Waals surface area contributed by atoms with Crippen molar-refractivity contribution in [1.29, 1.82) is 0 Å². The summed E-state index contributed by atoms with van der Waals surface area (Å²) in [6, 6.07) is 3.64. The molecule has 4 aliphatic carbocycles. The average Bonchev–Trinajstić information content (AvgIpc) is 2.62. The molecule has 166 valence electrons. The van der Waals surface area contributed by atoms with Crippen molar-refractivity contribution in [3.05, 3.63) is 28.2 Å². The maximum absolute atomic E-state index is 13.1. The highest BCUT2D eigenvalue weighted by Crippen LogP contribution is 2.59. The van der Waals surface area contributed by atoms with E-state index in [1.165, 1.54) is 50.7 Å². The van der Waals surface area contributed by atoms with E-state index in [-0.39, 0.29) is 32.2 Å². The number of rotatable bonds is 7. The first kappa shape index (κ1) is 22.4. The molecule has 4 aliphatic rings. The van der Waals surface area contributed by atoms with Crippen LogP contribution in [-0.2, 0) is 14.8 Å². The number of benzene rings is 1. The number of nitrogens with one attached hydrogen (secondary N) is 2. The Morgan fingerprint density at radius 3 is 2.03 bits per heavy atom. The van der Waals surface area contributed by atoms with Crippen LogP contribution >= 0.6 is 23.2 Å². The van der Waals surface area contributed by atoms with Crippen molar-refractivity contribution in [3.63, 3.8) is 0 Å². The minimum Gasteiger partial charge on any atom is -0.354 e. The van der Waals surface area contributed by atoms with Crippen LogP contribution in [0.25, 0.3) is 0 Å². The summed E-state index contributed by atoms with van der Waals surface area (Å²) < 4.78 is 28.5. The Morgan fingerprint density at radius 2 is 1.57 bits per heavy atom. The zero-order valence-corrected chi connectivity index (χ0v) is 19.8. The van der Waals surface area contributed by atoms with Crippen LogP contribution in [0.15, 0.2) is 23.1 Å². The zero-order chi connectivity index (χ0) is 21.7. The lowest BCUT2D eigenvalue weighted by Crippen LogP contribution is -2.55. The molecule has 30 heavy (non-hydrogen) atoms. The Bertz CT molecular complexity index is 877. The van der Waals surface area contributed by atoms with Gasteiger partial charge < -0.3 is 5.32 Å². The highest BCUT2D eigenvalue weighted by atomic mass is 35.5. The summed E-state index contributed by atoms with van der Waals surface area (Å²) in [6.45, 7) is 4.28. The van der Waals surface area contributed by atoms with E-state index in [0.29, 0.717) is 6.54 Å². The number of sulfonamides is 1. The van der Waals surface area contributed by atoms with E-state index in [9.17, 15) is 13.2 Å². The van der Waals surface area contributed by atoms with Crippen molar-refractivity contribution in [2.24, 2.45) is 29.1 Å². The predicted octanol–water partition coefficient (Wildman–Crippen LogP) is 4.63. The molecule has 5 nitrogen and oxygen atoms in total. The lowest BCUT2D eigenvalue weighted by atomic mass is 9.49. The third-order valence-electron chi connectivity index (χ3n) is 7.22. The van der Waals surface area contributed by atoms with Gasteiger partial charge in [0.25, 0.3) is 0 Å². The molecule has 8 heteroatoms. The summed E-state index contributed by atoms with van der Waals surface area (Å²) in [7, 11) is -4.05. The van der Waals surface area contributed by atoms with E-state index in [1.54, 1.807) is 6.07 Å². The molecule has 4 saturated carbocycles. The molecule has 1 aromatic rings. The molecule has 0 aliphatic heterocycles. The zero-order valence-electron chi connectivity index (χ0n) is 17.5. The van der Waals surface area contributed by atoms with Gasteiger partial charge in [-0.3, -0.25) is 4.79 Å². The molecule has 0 spiro atoms.